The molecule has 0 aromatic rings. The fraction of sp³-hybridized carbons (Fsp3) is 1.00. The number of hydrogen-bond acceptors (Lipinski definition) is 2. The predicted octanol–water partition coefficient (Wildman–Crippen LogP) is 3.17. The molecule has 2 rings (SSSR count). The number of rotatable bonds is 1. The molecule has 0 aromatic heterocycles. The Morgan fingerprint density at radius 3 is 2.12 bits per heavy atom. The summed E-state index contributed by atoms with van der Waals surface area (Å²) < 4.78 is 59.8. The van der Waals surface area contributed by atoms with Crippen LogP contribution >= 0.6 is 0 Å². The third-order valence-electron chi connectivity index (χ3n) is 3.35. The van der Waals surface area contributed by atoms with Gasteiger partial charge >= 0.3 is 12.2 Å². The van der Waals surface area contributed by atoms with Gasteiger partial charge in [-0.2, -0.15) is 17.6 Å². The molecule has 1 aliphatic heterocycles. The quantitative estimate of drug-likeness (QED) is 0.657. The van der Waals surface area contributed by atoms with Crippen molar-refractivity contribution in [3.63, 3.8) is 0 Å². The molecule has 16 heavy (non-hydrogen) atoms. The van der Waals surface area contributed by atoms with Gasteiger partial charge in [0.15, 0.2) is 0 Å². The second kappa shape index (κ2) is 3.84. The molecule has 0 N–H and O–H groups in total. The standard InChI is InChI=1S/C10H14F4O2/c1-2-6-3-4-7-8(5-6)16-10(13,14)9(11,12)15-7/h6-8H,2-5H2,1H3/t6?,7?,8-/m0/s1. The lowest BCUT2D eigenvalue weighted by molar-refractivity contribution is -0.492. The van der Waals surface area contributed by atoms with Crippen LogP contribution in [-0.2, 0) is 9.47 Å². The van der Waals surface area contributed by atoms with Crippen molar-refractivity contribution >= 4 is 0 Å². The highest BCUT2D eigenvalue weighted by Crippen LogP contribution is 2.47. The zero-order valence-corrected chi connectivity index (χ0v) is 8.89. The fourth-order valence-electron chi connectivity index (χ4n) is 2.33. The Hall–Kier alpha value is -0.360. The first-order valence-electron chi connectivity index (χ1n) is 5.47. The van der Waals surface area contributed by atoms with Crippen LogP contribution in [-0.4, -0.2) is 24.4 Å². The van der Waals surface area contributed by atoms with E-state index in [0.717, 1.165) is 12.8 Å². The SMILES string of the molecule is CCC1CCC2OC(F)(F)C(F)(F)O[C@H]2C1. The smallest absolute Gasteiger partial charge is 0.307 e. The average molecular weight is 242 g/mol. The lowest BCUT2D eigenvalue weighted by atomic mass is 9.83. The fourth-order valence-corrected chi connectivity index (χ4v) is 2.33. The number of alkyl halides is 4. The molecule has 94 valence electrons. The molecule has 0 spiro atoms. The van der Waals surface area contributed by atoms with Crippen molar-refractivity contribution in [3.05, 3.63) is 0 Å². The van der Waals surface area contributed by atoms with Gasteiger partial charge in [0.25, 0.3) is 0 Å². The number of ether oxygens (including phenoxy) is 2. The van der Waals surface area contributed by atoms with Gasteiger partial charge in [-0.15, -0.1) is 0 Å². The second-order valence-electron chi connectivity index (χ2n) is 4.43. The van der Waals surface area contributed by atoms with Crippen LogP contribution in [0.1, 0.15) is 32.6 Å². The van der Waals surface area contributed by atoms with Crippen LogP contribution in [0.5, 0.6) is 0 Å². The minimum atomic E-state index is -4.51. The Morgan fingerprint density at radius 2 is 1.56 bits per heavy atom. The third-order valence-corrected chi connectivity index (χ3v) is 3.35. The average Bonchev–Trinajstić information content (AvgIpc) is 2.18. The van der Waals surface area contributed by atoms with Crippen molar-refractivity contribution in [3.8, 4) is 0 Å². The first-order valence-corrected chi connectivity index (χ1v) is 5.47. The van der Waals surface area contributed by atoms with E-state index < -0.39 is 24.4 Å². The van der Waals surface area contributed by atoms with Gasteiger partial charge in [0.2, 0.25) is 0 Å². The van der Waals surface area contributed by atoms with E-state index in [1.54, 1.807) is 0 Å². The highest BCUT2D eigenvalue weighted by atomic mass is 19.3. The maximum absolute atomic E-state index is 12.9. The molecule has 1 aliphatic carbocycles. The molecular weight excluding hydrogens is 228 g/mol. The monoisotopic (exact) mass is 242 g/mol. The molecule has 2 unspecified atom stereocenters. The van der Waals surface area contributed by atoms with Gasteiger partial charge in [-0.1, -0.05) is 13.3 Å². The number of hydrogen-bond donors (Lipinski definition) is 0. The van der Waals surface area contributed by atoms with Crippen molar-refractivity contribution in [2.45, 2.75) is 57.0 Å². The largest absolute Gasteiger partial charge is 0.448 e. The molecular formula is C10H14F4O2. The predicted molar refractivity (Wildman–Crippen MR) is 47.3 cm³/mol. The Bertz CT molecular complexity index is 270. The van der Waals surface area contributed by atoms with E-state index in [9.17, 15) is 17.6 Å². The number of halogens is 4. The first-order chi connectivity index (χ1) is 7.36. The number of fused-ring (bicyclic) bond motifs is 1. The highest BCUT2D eigenvalue weighted by molar-refractivity contribution is 4.88. The minimum Gasteiger partial charge on any atom is -0.307 e. The summed E-state index contributed by atoms with van der Waals surface area (Å²) in [4.78, 5) is 0. The van der Waals surface area contributed by atoms with Crippen LogP contribution in [0.15, 0.2) is 0 Å². The van der Waals surface area contributed by atoms with E-state index in [2.05, 4.69) is 9.47 Å². The molecule has 2 nitrogen and oxygen atoms in total. The molecule has 2 fully saturated rings. The van der Waals surface area contributed by atoms with Crippen LogP contribution in [0.4, 0.5) is 17.6 Å². The van der Waals surface area contributed by atoms with E-state index in [-0.39, 0.29) is 5.92 Å². The molecule has 0 bridgehead atoms. The molecule has 0 aromatic carbocycles. The van der Waals surface area contributed by atoms with Crippen LogP contribution in [0, 0.1) is 5.92 Å². The second-order valence-corrected chi connectivity index (χ2v) is 4.43. The zero-order valence-electron chi connectivity index (χ0n) is 8.89. The van der Waals surface area contributed by atoms with Crippen molar-refractivity contribution < 1.29 is 27.0 Å². The third kappa shape index (κ3) is 1.93. The van der Waals surface area contributed by atoms with E-state index in [0.29, 0.717) is 12.8 Å². The Kier molecular flexibility index (Phi) is 2.90. The summed E-state index contributed by atoms with van der Waals surface area (Å²) in [5.74, 6) is 0.257. The minimum absolute atomic E-state index is 0.257. The lowest BCUT2D eigenvalue weighted by Gasteiger charge is -2.44. The van der Waals surface area contributed by atoms with E-state index in [1.165, 1.54) is 0 Å². The summed E-state index contributed by atoms with van der Waals surface area (Å²) in [6.45, 7) is 1.95. The van der Waals surface area contributed by atoms with Crippen molar-refractivity contribution in [1.82, 2.24) is 0 Å². The summed E-state index contributed by atoms with van der Waals surface area (Å²) in [5.41, 5.74) is 0. The molecule has 1 saturated carbocycles. The van der Waals surface area contributed by atoms with Gasteiger partial charge in [-0.3, -0.25) is 0 Å². The van der Waals surface area contributed by atoms with Gasteiger partial charge in [0.1, 0.15) is 0 Å². The molecule has 6 heteroatoms. The Morgan fingerprint density at radius 1 is 1.00 bits per heavy atom. The van der Waals surface area contributed by atoms with Crippen molar-refractivity contribution in [2.24, 2.45) is 5.92 Å². The maximum atomic E-state index is 12.9. The van der Waals surface area contributed by atoms with Crippen LogP contribution in [0.2, 0.25) is 0 Å². The normalized spacial score (nSPS) is 41.4. The van der Waals surface area contributed by atoms with Crippen LogP contribution in [0.25, 0.3) is 0 Å². The van der Waals surface area contributed by atoms with Gasteiger partial charge < -0.3 is 9.47 Å². The molecule has 0 amide bonds. The van der Waals surface area contributed by atoms with E-state index >= 15 is 0 Å². The molecule has 1 heterocycles. The van der Waals surface area contributed by atoms with Gasteiger partial charge in [-0.05, 0) is 25.2 Å². The summed E-state index contributed by atoms with van der Waals surface area (Å²) in [5, 5.41) is 0. The summed E-state index contributed by atoms with van der Waals surface area (Å²) in [6.07, 6.45) is -8.54. The Balaban J connectivity index is 2.09. The topological polar surface area (TPSA) is 18.5 Å². The maximum Gasteiger partial charge on any atom is 0.448 e. The van der Waals surface area contributed by atoms with Crippen LogP contribution in [0.3, 0.4) is 0 Å². The summed E-state index contributed by atoms with van der Waals surface area (Å²) >= 11 is 0. The zero-order chi connectivity index (χ0) is 12.0. The molecule has 0 radical (unpaired) electrons. The Labute approximate surface area is 90.9 Å². The summed E-state index contributed by atoms with van der Waals surface area (Å²) in [6, 6.07) is 0. The van der Waals surface area contributed by atoms with E-state index in [4.69, 9.17) is 0 Å². The first kappa shape index (κ1) is 12.1. The van der Waals surface area contributed by atoms with E-state index in [1.807, 2.05) is 6.92 Å². The van der Waals surface area contributed by atoms with Crippen molar-refractivity contribution in [2.75, 3.05) is 0 Å². The molecule has 2 aliphatic rings. The van der Waals surface area contributed by atoms with Gasteiger partial charge in [0, 0.05) is 0 Å². The van der Waals surface area contributed by atoms with Crippen molar-refractivity contribution in [1.29, 1.82) is 0 Å². The lowest BCUT2D eigenvalue weighted by Crippen LogP contribution is -2.59. The summed E-state index contributed by atoms with van der Waals surface area (Å²) in [7, 11) is 0. The van der Waals surface area contributed by atoms with Crippen LogP contribution < -0.4 is 0 Å². The molecule has 3 atom stereocenters. The molecule has 1 saturated heterocycles. The van der Waals surface area contributed by atoms with Gasteiger partial charge in [0.05, 0.1) is 12.2 Å². The van der Waals surface area contributed by atoms with Gasteiger partial charge in [-0.25, -0.2) is 0 Å². The highest BCUT2D eigenvalue weighted by Gasteiger charge is 2.66.